The fourth-order valence-corrected chi connectivity index (χ4v) is 2.97. The van der Waals surface area contributed by atoms with Gasteiger partial charge in [-0.15, -0.1) is 10.2 Å². The van der Waals surface area contributed by atoms with E-state index in [-0.39, 0.29) is 17.6 Å². The highest BCUT2D eigenvalue weighted by molar-refractivity contribution is 7.99. The number of aryl methyl sites for hydroxylation is 2. The number of hydrogen-bond donors (Lipinski definition) is 1. The molecule has 0 unspecified atom stereocenters. The topological polar surface area (TPSA) is 94.3 Å². The average Bonchev–Trinajstić information content (AvgIpc) is 3.14. The lowest BCUT2D eigenvalue weighted by Crippen LogP contribution is -2.46. The number of hydrogen-bond acceptors (Lipinski definition) is 7. The van der Waals surface area contributed by atoms with E-state index in [1.54, 1.807) is 0 Å². The summed E-state index contributed by atoms with van der Waals surface area (Å²) in [5.74, 6) is -0.281. The van der Waals surface area contributed by atoms with Crippen molar-refractivity contribution < 1.29 is 18.7 Å². The summed E-state index contributed by atoms with van der Waals surface area (Å²) in [7, 11) is 1.31. The molecule has 27 heavy (non-hydrogen) atoms. The van der Waals surface area contributed by atoms with E-state index < -0.39 is 12.0 Å². The zero-order chi connectivity index (χ0) is 20.0. The zero-order valence-electron chi connectivity index (χ0n) is 16.2. The highest BCUT2D eigenvalue weighted by Gasteiger charge is 2.26. The number of esters is 1. The smallest absolute Gasteiger partial charge is 0.328 e. The van der Waals surface area contributed by atoms with Gasteiger partial charge in [0.05, 0.1) is 12.9 Å². The van der Waals surface area contributed by atoms with Crippen molar-refractivity contribution in [3.63, 3.8) is 0 Å². The molecule has 0 bridgehead atoms. The molecule has 146 valence electrons. The van der Waals surface area contributed by atoms with Gasteiger partial charge in [-0.25, -0.2) is 4.79 Å². The Kier molecular flexibility index (Phi) is 7.41. The Labute approximate surface area is 163 Å². The predicted molar refractivity (Wildman–Crippen MR) is 103 cm³/mol. The molecule has 0 radical (unpaired) electrons. The van der Waals surface area contributed by atoms with E-state index in [1.807, 2.05) is 45.9 Å². The Morgan fingerprint density at radius 3 is 2.63 bits per heavy atom. The molecule has 0 saturated carbocycles. The molecule has 2 aromatic rings. The predicted octanol–water partition coefficient (Wildman–Crippen LogP) is 3.15. The zero-order valence-corrected chi connectivity index (χ0v) is 17.1. The van der Waals surface area contributed by atoms with Crippen LogP contribution in [0.4, 0.5) is 0 Å². The lowest BCUT2D eigenvalue weighted by Gasteiger charge is -2.21. The Morgan fingerprint density at radius 1 is 1.26 bits per heavy atom. The van der Waals surface area contributed by atoms with Crippen LogP contribution in [0.5, 0.6) is 0 Å². The normalized spacial score (nSPS) is 13.1. The molecule has 0 fully saturated rings. The standard InChI is InChI=1S/C19H25N3O4S/c1-6-11(2)16(18(24)25-5)20-15(23)10-27-19-22-21-17(26-19)14-8-7-12(3)13(4)9-14/h7-9,11,16H,6,10H2,1-5H3,(H,20,23)/t11-,16-/m0/s1. The van der Waals surface area contributed by atoms with E-state index in [4.69, 9.17) is 9.15 Å². The lowest BCUT2D eigenvalue weighted by atomic mass is 9.99. The van der Waals surface area contributed by atoms with E-state index in [0.29, 0.717) is 11.1 Å². The minimum absolute atomic E-state index is 0.0221. The summed E-state index contributed by atoms with van der Waals surface area (Å²) in [6.07, 6.45) is 0.746. The second kappa shape index (κ2) is 9.55. The molecule has 0 aliphatic heterocycles. The van der Waals surface area contributed by atoms with Gasteiger partial charge in [0.2, 0.25) is 11.8 Å². The SMILES string of the molecule is CC[C@H](C)[C@H](NC(=O)CSc1nnc(-c2ccc(C)c(C)c2)o1)C(=O)OC. The van der Waals surface area contributed by atoms with Crippen LogP contribution >= 0.6 is 11.8 Å². The quantitative estimate of drug-likeness (QED) is 0.545. The Hall–Kier alpha value is -2.35. The number of carbonyl (C=O) groups excluding carboxylic acids is 2. The number of nitrogens with zero attached hydrogens (tertiary/aromatic N) is 2. The molecule has 7 nitrogen and oxygen atoms in total. The molecule has 2 rings (SSSR count). The molecule has 1 aromatic heterocycles. The Balaban J connectivity index is 1.96. The first-order valence-corrected chi connectivity index (χ1v) is 9.75. The third-order valence-corrected chi connectivity index (χ3v) is 5.29. The van der Waals surface area contributed by atoms with Gasteiger partial charge in [0.15, 0.2) is 0 Å². The first-order valence-electron chi connectivity index (χ1n) is 8.76. The average molecular weight is 391 g/mol. The summed E-state index contributed by atoms with van der Waals surface area (Å²) in [6.45, 7) is 7.90. The van der Waals surface area contributed by atoms with E-state index in [1.165, 1.54) is 12.7 Å². The van der Waals surface area contributed by atoms with Gasteiger partial charge in [0, 0.05) is 5.56 Å². The van der Waals surface area contributed by atoms with Gasteiger partial charge in [0.25, 0.3) is 5.22 Å². The Morgan fingerprint density at radius 2 is 2.00 bits per heavy atom. The largest absolute Gasteiger partial charge is 0.467 e. The van der Waals surface area contributed by atoms with Crippen LogP contribution in [0.15, 0.2) is 27.8 Å². The molecule has 1 heterocycles. The van der Waals surface area contributed by atoms with Crippen LogP contribution in [0, 0.1) is 19.8 Å². The van der Waals surface area contributed by atoms with E-state index >= 15 is 0 Å². The molecule has 8 heteroatoms. The van der Waals surface area contributed by atoms with Crippen LogP contribution in [-0.4, -0.2) is 41.0 Å². The summed E-state index contributed by atoms with van der Waals surface area (Å²) in [5.41, 5.74) is 3.16. The summed E-state index contributed by atoms with van der Waals surface area (Å²) < 4.78 is 10.4. The fraction of sp³-hybridized carbons (Fsp3) is 0.474. The summed E-state index contributed by atoms with van der Waals surface area (Å²) in [6, 6.07) is 5.24. The molecule has 1 aromatic carbocycles. The number of amides is 1. The number of ether oxygens (including phenoxy) is 1. The van der Waals surface area contributed by atoms with Crippen LogP contribution in [0.25, 0.3) is 11.5 Å². The molecule has 1 amide bonds. The highest BCUT2D eigenvalue weighted by Crippen LogP contribution is 2.24. The highest BCUT2D eigenvalue weighted by atomic mass is 32.2. The van der Waals surface area contributed by atoms with Gasteiger partial charge >= 0.3 is 5.97 Å². The summed E-state index contributed by atoms with van der Waals surface area (Å²) in [5, 5.41) is 11.0. The molecule has 2 atom stereocenters. The van der Waals surface area contributed by atoms with Gasteiger partial charge in [-0.3, -0.25) is 4.79 Å². The van der Waals surface area contributed by atoms with Crippen LogP contribution < -0.4 is 5.32 Å². The maximum absolute atomic E-state index is 12.2. The number of thioether (sulfide) groups is 1. The van der Waals surface area contributed by atoms with E-state index in [9.17, 15) is 9.59 Å². The molecule has 0 spiro atoms. The second-order valence-electron chi connectivity index (χ2n) is 6.41. The Bertz CT molecular complexity index is 806. The van der Waals surface area contributed by atoms with Gasteiger partial charge in [0.1, 0.15) is 6.04 Å². The van der Waals surface area contributed by atoms with Crippen molar-refractivity contribution in [2.75, 3.05) is 12.9 Å². The van der Waals surface area contributed by atoms with Crippen LogP contribution in [0.1, 0.15) is 31.4 Å². The van der Waals surface area contributed by atoms with Crippen LogP contribution in [-0.2, 0) is 14.3 Å². The van der Waals surface area contributed by atoms with Crippen molar-refractivity contribution in [1.82, 2.24) is 15.5 Å². The van der Waals surface area contributed by atoms with Crippen molar-refractivity contribution in [3.8, 4) is 11.5 Å². The second-order valence-corrected chi connectivity index (χ2v) is 7.34. The first kappa shape index (κ1) is 21.0. The number of rotatable bonds is 8. The number of benzene rings is 1. The van der Waals surface area contributed by atoms with Crippen molar-refractivity contribution in [2.45, 2.75) is 45.4 Å². The maximum atomic E-state index is 12.2. The summed E-state index contributed by atoms with van der Waals surface area (Å²) >= 11 is 1.13. The van der Waals surface area contributed by atoms with E-state index in [0.717, 1.165) is 29.3 Å². The number of aromatic nitrogens is 2. The fourth-order valence-electron chi connectivity index (χ4n) is 2.40. The van der Waals surface area contributed by atoms with E-state index in [2.05, 4.69) is 15.5 Å². The van der Waals surface area contributed by atoms with Crippen molar-refractivity contribution in [3.05, 3.63) is 29.3 Å². The van der Waals surface area contributed by atoms with Crippen LogP contribution in [0.2, 0.25) is 0 Å². The third-order valence-electron chi connectivity index (χ3n) is 4.47. The molecule has 0 aliphatic carbocycles. The molecular formula is C19H25N3O4S. The molecule has 0 aliphatic rings. The van der Waals surface area contributed by atoms with Gasteiger partial charge < -0.3 is 14.5 Å². The van der Waals surface area contributed by atoms with Gasteiger partial charge in [-0.1, -0.05) is 38.1 Å². The summed E-state index contributed by atoms with van der Waals surface area (Å²) in [4.78, 5) is 24.0. The molecular weight excluding hydrogens is 366 g/mol. The molecule has 0 saturated heterocycles. The number of nitrogens with one attached hydrogen (secondary N) is 1. The maximum Gasteiger partial charge on any atom is 0.328 e. The van der Waals surface area contributed by atoms with Crippen LogP contribution in [0.3, 0.4) is 0 Å². The third kappa shape index (κ3) is 5.56. The van der Waals surface area contributed by atoms with Crippen molar-refractivity contribution >= 4 is 23.6 Å². The molecule has 1 N–H and O–H groups in total. The first-order chi connectivity index (χ1) is 12.8. The minimum Gasteiger partial charge on any atom is -0.467 e. The number of methoxy groups -OCH3 is 1. The number of carbonyl (C=O) groups is 2. The minimum atomic E-state index is -0.665. The van der Waals surface area contributed by atoms with Gasteiger partial charge in [-0.05, 0) is 43.0 Å². The van der Waals surface area contributed by atoms with Crippen molar-refractivity contribution in [2.24, 2.45) is 5.92 Å². The van der Waals surface area contributed by atoms with Crippen molar-refractivity contribution in [1.29, 1.82) is 0 Å². The van der Waals surface area contributed by atoms with Gasteiger partial charge in [-0.2, -0.15) is 0 Å². The monoisotopic (exact) mass is 391 g/mol. The lowest BCUT2D eigenvalue weighted by molar-refractivity contribution is -0.146.